The van der Waals surface area contributed by atoms with E-state index in [0.717, 1.165) is 28.4 Å². The number of carbonyl (C=O) groups is 2. The standard InChI is InChI=1S/C27H25F3N4O4/c1-15-11-33(14-31-15)22-6-3-16(8-24(22)38-2)7-17-4-5-19-12-32(27(36)37)13-23(34(19)26(17)35)18-9-20(28)25(30)21(29)10-18/h3,6-11,14,19,23H,4-5,12-13H2,1-2H3,(H,36,37)/b17-7+/t19-,23-/m1/s1. The van der Waals surface area contributed by atoms with Crippen LogP contribution in [0.3, 0.4) is 0 Å². The molecule has 0 saturated carbocycles. The van der Waals surface area contributed by atoms with E-state index in [0.29, 0.717) is 29.7 Å². The van der Waals surface area contributed by atoms with Gasteiger partial charge in [-0.05, 0) is 61.2 Å². The highest BCUT2D eigenvalue weighted by molar-refractivity contribution is 5.99. The molecule has 2 amide bonds. The molecule has 38 heavy (non-hydrogen) atoms. The fraction of sp³-hybridized carbons (Fsp3) is 0.296. The Kier molecular flexibility index (Phi) is 6.60. The molecule has 0 unspecified atom stereocenters. The van der Waals surface area contributed by atoms with Crippen LogP contribution < -0.4 is 4.74 Å². The first kappa shape index (κ1) is 25.4. The maximum atomic E-state index is 14.1. The number of piperazine rings is 1. The van der Waals surface area contributed by atoms with E-state index in [4.69, 9.17) is 4.74 Å². The minimum atomic E-state index is -1.62. The third-order valence-electron chi connectivity index (χ3n) is 7.01. The zero-order valence-electron chi connectivity index (χ0n) is 20.7. The average Bonchev–Trinajstić information content (AvgIpc) is 3.33. The van der Waals surface area contributed by atoms with Crippen molar-refractivity contribution in [2.75, 3.05) is 20.2 Å². The van der Waals surface area contributed by atoms with E-state index < -0.39 is 35.6 Å². The molecule has 2 aliphatic heterocycles. The van der Waals surface area contributed by atoms with Crippen LogP contribution in [-0.4, -0.2) is 62.7 Å². The number of halogens is 3. The Hall–Kier alpha value is -4.28. The number of amides is 2. The highest BCUT2D eigenvalue weighted by Crippen LogP contribution is 2.38. The predicted molar refractivity (Wildman–Crippen MR) is 131 cm³/mol. The van der Waals surface area contributed by atoms with E-state index in [2.05, 4.69) is 4.98 Å². The van der Waals surface area contributed by atoms with Crippen LogP contribution in [0.5, 0.6) is 5.75 Å². The van der Waals surface area contributed by atoms with Gasteiger partial charge in [-0.3, -0.25) is 4.79 Å². The van der Waals surface area contributed by atoms with Crippen molar-refractivity contribution in [3.63, 3.8) is 0 Å². The summed E-state index contributed by atoms with van der Waals surface area (Å²) in [5, 5.41) is 9.60. The Morgan fingerprint density at radius 3 is 2.53 bits per heavy atom. The molecule has 2 fully saturated rings. The highest BCUT2D eigenvalue weighted by atomic mass is 19.2. The number of ether oxygens (including phenoxy) is 1. The average molecular weight is 527 g/mol. The predicted octanol–water partition coefficient (Wildman–Crippen LogP) is 4.72. The van der Waals surface area contributed by atoms with Crippen LogP contribution in [0.25, 0.3) is 11.8 Å². The van der Waals surface area contributed by atoms with Gasteiger partial charge in [-0.2, -0.15) is 0 Å². The van der Waals surface area contributed by atoms with Crippen molar-refractivity contribution >= 4 is 18.1 Å². The van der Waals surface area contributed by atoms with Gasteiger partial charge in [-0.25, -0.2) is 22.9 Å². The summed E-state index contributed by atoms with van der Waals surface area (Å²) in [6.07, 6.45) is 4.90. The van der Waals surface area contributed by atoms with E-state index in [-0.39, 0.29) is 24.6 Å². The summed E-state index contributed by atoms with van der Waals surface area (Å²) in [5.74, 6) is -4.21. The molecule has 198 valence electrons. The third-order valence-corrected chi connectivity index (χ3v) is 7.01. The minimum Gasteiger partial charge on any atom is -0.495 e. The lowest BCUT2D eigenvalue weighted by Crippen LogP contribution is -2.59. The molecular formula is C27H25F3N4O4. The normalized spacial score (nSPS) is 20.6. The first-order valence-electron chi connectivity index (χ1n) is 12.0. The number of imidazole rings is 1. The summed E-state index contributed by atoms with van der Waals surface area (Å²) in [4.78, 5) is 32.3. The van der Waals surface area contributed by atoms with Crippen LogP contribution in [0.1, 0.15) is 35.7 Å². The van der Waals surface area contributed by atoms with Gasteiger partial charge in [-0.1, -0.05) is 6.07 Å². The second-order valence-corrected chi connectivity index (χ2v) is 9.43. The molecule has 0 radical (unpaired) electrons. The molecule has 1 N–H and O–H groups in total. The minimum absolute atomic E-state index is 0.00593. The van der Waals surface area contributed by atoms with Gasteiger partial charge in [0.1, 0.15) is 5.75 Å². The first-order valence-corrected chi connectivity index (χ1v) is 12.0. The summed E-state index contributed by atoms with van der Waals surface area (Å²) in [5.41, 5.74) is 2.79. The molecule has 3 heterocycles. The molecule has 0 spiro atoms. The van der Waals surface area contributed by atoms with Crippen molar-refractivity contribution in [2.24, 2.45) is 0 Å². The molecule has 2 saturated heterocycles. The number of hydrogen-bond acceptors (Lipinski definition) is 4. The van der Waals surface area contributed by atoms with Crippen LogP contribution >= 0.6 is 0 Å². The Morgan fingerprint density at radius 1 is 1.16 bits per heavy atom. The van der Waals surface area contributed by atoms with Crippen molar-refractivity contribution in [3.8, 4) is 11.4 Å². The smallest absolute Gasteiger partial charge is 0.407 e. The number of nitrogens with zero attached hydrogens (tertiary/aromatic N) is 4. The topological polar surface area (TPSA) is 87.9 Å². The number of carboxylic acid groups (broad SMARTS) is 1. The lowest BCUT2D eigenvalue weighted by Gasteiger charge is -2.48. The number of benzene rings is 2. The van der Waals surface area contributed by atoms with E-state index in [1.807, 2.05) is 29.8 Å². The van der Waals surface area contributed by atoms with E-state index in [9.17, 15) is 27.9 Å². The van der Waals surface area contributed by atoms with Crippen LogP contribution in [0.4, 0.5) is 18.0 Å². The van der Waals surface area contributed by atoms with Crippen molar-refractivity contribution in [3.05, 3.63) is 82.7 Å². The molecule has 3 aromatic rings. The zero-order chi connectivity index (χ0) is 27.1. The number of aromatic nitrogens is 2. The SMILES string of the molecule is COc1cc(/C=C2\CC[C@@H]3CN(C(=O)O)C[C@H](c4cc(F)c(F)c(F)c4)N3C2=O)ccc1-n1cnc(C)c1. The molecule has 1 aromatic heterocycles. The van der Waals surface area contributed by atoms with E-state index in [1.165, 1.54) is 4.90 Å². The van der Waals surface area contributed by atoms with Gasteiger partial charge >= 0.3 is 6.09 Å². The quantitative estimate of drug-likeness (QED) is 0.393. The van der Waals surface area contributed by atoms with Gasteiger partial charge < -0.3 is 24.2 Å². The monoisotopic (exact) mass is 526 g/mol. The lowest BCUT2D eigenvalue weighted by atomic mass is 9.89. The first-order chi connectivity index (χ1) is 18.2. The number of aryl methyl sites for hydroxylation is 1. The Labute approximate surface area is 216 Å². The second kappa shape index (κ2) is 9.88. The highest BCUT2D eigenvalue weighted by Gasteiger charge is 2.43. The van der Waals surface area contributed by atoms with Gasteiger partial charge in [0.15, 0.2) is 17.5 Å². The molecule has 0 bridgehead atoms. The molecular weight excluding hydrogens is 501 g/mol. The van der Waals surface area contributed by atoms with Gasteiger partial charge in [0.05, 0.1) is 36.9 Å². The number of piperidine rings is 1. The number of rotatable bonds is 4. The zero-order valence-corrected chi connectivity index (χ0v) is 20.7. The fourth-order valence-corrected chi connectivity index (χ4v) is 5.18. The maximum absolute atomic E-state index is 14.1. The van der Waals surface area contributed by atoms with Crippen molar-refractivity contribution in [1.82, 2.24) is 19.4 Å². The van der Waals surface area contributed by atoms with Crippen LogP contribution in [0.15, 0.2) is 48.4 Å². The van der Waals surface area contributed by atoms with Crippen LogP contribution in [0.2, 0.25) is 0 Å². The third kappa shape index (κ3) is 4.59. The van der Waals surface area contributed by atoms with Gasteiger partial charge in [0.2, 0.25) is 0 Å². The number of carbonyl (C=O) groups excluding carboxylic acids is 1. The van der Waals surface area contributed by atoms with Crippen molar-refractivity contribution in [2.45, 2.75) is 31.8 Å². The Bertz CT molecular complexity index is 1430. The van der Waals surface area contributed by atoms with Crippen molar-refractivity contribution < 1.29 is 32.6 Å². The largest absolute Gasteiger partial charge is 0.495 e. The Morgan fingerprint density at radius 2 is 1.89 bits per heavy atom. The fourth-order valence-electron chi connectivity index (χ4n) is 5.18. The number of methoxy groups -OCH3 is 1. The summed E-state index contributed by atoms with van der Waals surface area (Å²) < 4.78 is 49.2. The number of hydrogen-bond donors (Lipinski definition) is 1. The van der Waals surface area contributed by atoms with Crippen LogP contribution in [0, 0.1) is 24.4 Å². The number of fused-ring (bicyclic) bond motifs is 1. The molecule has 2 atom stereocenters. The molecule has 11 heteroatoms. The maximum Gasteiger partial charge on any atom is 0.407 e. The lowest BCUT2D eigenvalue weighted by molar-refractivity contribution is -0.138. The van der Waals surface area contributed by atoms with Gasteiger partial charge in [0.25, 0.3) is 5.91 Å². The van der Waals surface area contributed by atoms with Gasteiger partial charge in [-0.15, -0.1) is 0 Å². The van der Waals surface area contributed by atoms with Crippen LogP contribution in [-0.2, 0) is 4.79 Å². The van der Waals surface area contributed by atoms with E-state index >= 15 is 0 Å². The summed E-state index contributed by atoms with van der Waals surface area (Å²) >= 11 is 0. The van der Waals surface area contributed by atoms with Gasteiger partial charge in [0, 0.05) is 24.9 Å². The summed E-state index contributed by atoms with van der Waals surface area (Å²) in [7, 11) is 1.55. The second-order valence-electron chi connectivity index (χ2n) is 9.43. The molecule has 8 nitrogen and oxygen atoms in total. The molecule has 2 aromatic carbocycles. The molecule has 5 rings (SSSR count). The molecule has 2 aliphatic rings. The van der Waals surface area contributed by atoms with Crippen molar-refractivity contribution in [1.29, 1.82) is 0 Å². The van der Waals surface area contributed by atoms with E-state index in [1.54, 1.807) is 25.6 Å². The summed E-state index contributed by atoms with van der Waals surface area (Å²) in [6, 6.07) is 5.64. The summed E-state index contributed by atoms with van der Waals surface area (Å²) in [6.45, 7) is 1.76. The Balaban J connectivity index is 1.49. The molecule has 0 aliphatic carbocycles.